The van der Waals surface area contributed by atoms with Gasteiger partial charge in [-0.2, -0.15) is 0 Å². The summed E-state index contributed by atoms with van der Waals surface area (Å²) < 4.78 is 5.17. The first-order chi connectivity index (χ1) is 9.61. The summed E-state index contributed by atoms with van der Waals surface area (Å²) in [5.74, 6) is -0.748. The van der Waals surface area contributed by atoms with Crippen molar-refractivity contribution in [3.8, 4) is 0 Å². The highest BCUT2D eigenvalue weighted by molar-refractivity contribution is 6.30. The summed E-state index contributed by atoms with van der Waals surface area (Å²) in [6.45, 7) is 2.13. The maximum Gasteiger partial charge on any atom is 0.317 e. The molecule has 2 aromatic rings. The molecule has 0 radical (unpaired) electrons. The topological polar surface area (TPSA) is 26.3 Å². The molecule has 104 valence electrons. The maximum atomic E-state index is 12.2. The van der Waals surface area contributed by atoms with Gasteiger partial charge in [0, 0.05) is 10.0 Å². The lowest BCUT2D eigenvalue weighted by molar-refractivity contribution is -0.143. The van der Waals surface area contributed by atoms with Gasteiger partial charge >= 0.3 is 5.97 Å². The molecular formula is C16H14Cl2O2. The molecule has 0 amide bonds. The zero-order chi connectivity index (χ0) is 14.5. The summed E-state index contributed by atoms with van der Waals surface area (Å²) in [7, 11) is 0. The fraction of sp³-hybridized carbons (Fsp3) is 0.188. The van der Waals surface area contributed by atoms with Crippen LogP contribution in [0.25, 0.3) is 0 Å². The molecule has 0 bridgehead atoms. The number of ether oxygens (including phenoxy) is 1. The van der Waals surface area contributed by atoms with Gasteiger partial charge in [0.05, 0.1) is 6.61 Å². The molecule has 0 N–H and O–H groups in total. The Labute approximate surface area is 128 Å². The van der Waals surface area contributed by atoms with Crippen LogP contribution in [0.2, 0.25) is 10.0 Å². The number of hydrogen-bond donors (Lipinski definition) is 0. The number of benzene rings is 2. The van der Waals surface area contributed by atoms with Gasteiger partial charge < -0.3 is 4.74 Å². The number of carbonyl (C=O) groups is 1. The normalized spacial score (nSPS) is 10.6. The van der Waals surface area contributed by atoms with E-state index < -0.39 is 5.92 Å². The molecule has 20 heavy (non-hydrogen) atoms. The maximum absolute atomic E-state index is 12.2. The van der Waals surface area contributed by atoms with E-state index in [1.165, 1.54) is 0 Å². The minimum Gasteiger partial charge on any atom is -0.465 e. The van der Waals surface area contributed by atoms with Crippen LogP contribution in [0.5, 0.6) is 0 Å². The van der Waals surface area contributed by atoms with Crippen LogP contribution in [-0.4, -0.2) is 12.6 Å². The first kappa shape index (κ1) is 14.9. The number of esters is 1. The fourth-order valence-electron chi connectivity index (χ4n) is 2.00. The van der Waals surface area contributed by atoms with E-state index in [1.54, 1.807) is 31.2 Å². The van der Waals surface area contributed by atoms with E-state index in [0.29, 0.717) is 16.7 Å². The Balaban J connectivity index is 2.41. The monoisotopic (exact) mass is 308 g/mol. The van der Waals surface area contributed by atoms with Crippen molar-refractivity contribution in [1.29, 1.82) is 0 Å². The Morgan fingerprint density at radius 1 is 0.950 bits per heavy atom. The third kappa shape index (κ3) is 3.53. The second-order valence-corrected chi connectivity index (χ2v) is 5.16. The Hall–Kier alpha value is -1.51. The number of hydrogen-bond acceptors (Lipinski definition) is 2. The Bertz CT molecular complexity index is 531. The average Bonchev–Trinajstić information content (AvgIpc) is 2.44. The smallest absolute Gasteiger partial charge is 0.317 e. The second-order valence-electron chi connectivity index (χ2n) is 4.29. The van der Waals surface area contributed by atoms with Crippen molar-refractivity contribution < 1.29 is 9.53 Å². The van der Waals surface area contributed by atoms with Crippen molar-refractivity contribution in [2.45, 2.75) is 12.8 Å². The average molecular weight is 309 g/mol. The number of carbonyl (C=O) groups excluding carboxylic acids is 1. The van der Waals surface area contributed by atoms with Crippen molar-refractivity contribution >= 4 is 29.2 Å². The van der Waals surface area contributed by atoms with Crippen molar-refractivity contribution in [3.63, 3.8) is 0 Å². The molecule has 0 aliphatic heterocycles. The predicted molar refractivity (Wildman–Crippen MR) is 81.4 cm³/mol. The molecular weight excluding hydrogens is 295 g/mol. The largest absolute Gasteiger partial charge is 0.465 e. The highest BCUT2D eigenvalue weighted by Gasteiger charge is 2.23. The lowest BCUT2D eigenvalue weighted by Crippen LogP contribution is -2.17. The van der Waals surface area contributed by atoms with Gasteiger partial charge in [0.15, 0.2) is 0 Å². The molecule has 0 atom stereocenters. The van der Waals surface area contributed by atoms with Crippen LogP contribution in [0.1, 0.15) is 24.0 Å². The van der Waals surface area contributed by atoms with Crippen LogP contribution in [0.15, 0.2) is 48.5 Å². The standard InChI is InChI=1S/C16H14Cl2O2/c1-2-20-16(19)15(11-3-7-13(17)8-4-11)12-5-9-14(18)10-6-12/h3-10,15H,2H2,1H3. The number of rotatable bonds is 4. The summed E-state index contributed by atoms with van der Waals surface area (Å²) in [5.41, 5.74) is 1.69. The molecule has 0 aromatic heterocycles. The lowest BCUT2D eigenvalue weighted by Gasteiger charge is -2.16. The van der Waals surface area contributed by atoms with Crippen LogP contribution >= 0.6 is 23.2 Å². The highest BCUT2D eigenvalue weighted by atomic mass is 35.5. The van der Waals surface area contributed by atoms with Crippen LogP contribution in [-0.2, 0) is 9.53 Å². The van der Waals surface area contributed by atoms with E-state index in [9.17, 15) is 4.79 Å². The first-order valence-corrected chi connectivity index (χ1v) is 7.05. The molecule has 0 aliphatic carbocycles. The second kappa shape index (κ2) is 6.78. The van der Waals surface area contributed by atoms with E-state index in [2.05, 4.69) is 0 Å². The van der Waals surface area contributed by atoms with E-state index in [-0.39, 0.29) is 5.97 Å². The zero-order valence-electron chi connectivity index (χ0n) is 11.0. The van der Waals surface area contributed by atoms with Crippen LogP contribution in [0.4, 0.5) is 0 Å². The molecule has 0 saturated heterocycles. The zero-order valence-corrected chi connectivity index (χ0v) is 12.5. The molecule has 2 rings (SSSR count). The molecule has 0 aliphatic rings. The third-order valence-electron chi connectivity index (χ3n) is 2.93. The molecule has 2 nitrogen and oxygen atoms in total. The fourth-order valence-corrected chi connectivity index (χ4v) is 2.25. The highest BCUT2D eigenvalue weighted by Crippen LogP contribution is 2.28. The van der Waals surface area contributed by atoms with Gasteiger partial charge in [0.1, 0.15) is 5.92 Å². The van der Waals surface area contributed by atoms with Gasteiger partial charge in [-0.05, 0) is 42.3 Å². The molecule has 0 fully saturated rings. The van der Waals surface area contributed by atoms with Crippen LogP contribution in [0, 0.1) is 0 Å². The third-order valence-corrected chi connectivity index (χ3v) is 3.43. The van der Waals surface area contributed by atoms with Crippen LogP contribution < -0.4 is 0 Å². The van der Waals surface area contributed by atoms with Crippen molar-refractivity contribution in [2.75, 3.05) is 6.61 Å². The van der Waals surface area contributed by atoms with Crippen LogP contribution in [0.3, 0.4) is 0 Å². The van der Waals surface area contributed by atoms with Crippen molar-refractivity contribution in [1.82, 2.24) is 0 Å². The summed E-state index contributed by atoms with van der Waals surface area (Å²) in [4.78, 5) is 12.2. The van der Waals surface area contributed by atoms with Gasteiger partial charge in [-0.3, -0.25) is 4.79 Å². The van der Waals surface area contributed by atoms with Crippen molar-refractivity contribution in [3.05, 3.63) is 69.7 Å². The molecule has 0 spiro atoms. The summed E-state index contributed by atoms with van der Waals surface area (Å²) in [6, 6.07) is 14.4. The van der Waals surface area contributed by atoms with E-state index in [1.807, 2.05) is 24.3 Å². The van der Waals surface area contributed by atoms with E-state index in [0.717, 1.165) is 11.1 Å². The Morgan fingerprint density at radius 3 is 1.70 bits per heavy atom. The van der Waals surface area contributed by atoms with E-state index in [4.69, 9.17) is 27.9 Å². The van der Waals surface area contributed by atoms with E-state index >= 15 is 0 Å². The van der Waals surface area contributed by atoms with Gasteiger partial charge in [0.25, 0.3) is 0 Å². The van der Waals surface area contributed by atoms with Gasteiger partial charge in [-0.25, -0.2) is 0 Å². The lowest BCUT2D eigenvalue weighted by atomic mass is 9.91. The van der Waals surface area contributed by atoms with Crippen molar-refractivity contribution in [2.24, 2.45) is 0 Å². The molecule has 2 aromatic carbocycles. The van der Waals surface area contributed by atoms with Gasteiger partial charge in [-0.1, -0.05) is 47.5 Å². The molecule has 0 unspecified atom stereocenters. The van der Waals surface area contributed by atoms with Gasteiger partial charge in [-0.15, -0.1) is 0 Å². The summed E-state index contributed by atoms with van der Waals surface area (Å²) in [5, 5.41) is 1.26. The Morgan fingerprint density at radius 2 is 1.35 bits per heavy atom. The Kier molecular flexibility index (Phi) is 5.05. The molecule has 0 heterocycles. The van der Waals surface area contributed by atoms with Gasteiger partial charge in [0.2, 0.25) is 0 Å². The minimum atomic E-state index is -0.468. The first-order valence-electron chi connectivity index (χ1n) is 6.29. The predicted octanol–water partition coefficient (Wildman–Crippen LogP) is 4.69. The summed E-state index contributed by atoms with van der Waals surface area (Å²) in [6.07, 6.45) is 0. The quantitative estimate of drug-likeness (QED) is 0.766. The minimum absolute atomic E-state index is 0.280. The number of halogens is 2. The summed E-state index contributed by atoms with van der Waals surface area (Å²) >= 11 is 11.8. The molecule has 4 heteroatoms. The SMILES string of the molecule is CCOC(=O)C(c1ccc(Cl)cc1)c1ccc(Cl)cc1. The molecule has 0 saturated carbocycles.